The number of hydrogen-bond donors (Lipinski definition) is 2. The van der Waals surface area contributed by atoms with E-state index in [9.17, 15) is 27.2 Å². The van der Waals surface area contributed by atoms with Crippen molar-refractivity contribution in [2.75, 3.05) is 0 Å². The summed E-state index contributed by atoms with van der Waals surface area (Å²) in [4.78, 5) is 29.1. The number of nitrogens with one attached hydrogen (secondary N) is 2. The maximum absolute atomic E-state index is 13.4. The Kier molecular flexibility index (Phi) is 6.87. The number of carbonyl (C=O) groups excluding carboxylic acids is 2. The summed E-state index contributed by atoms with van der Waals surface area (Å²) in [5.41, 5.74) is 0.582. The minimum absolute atomic E-state index is 0.0624. The summed E-state index contributed by atoms with van der Waals surface area (Å²) in [6, 6.07) is 9.54. The number of aromatic nitrogens is 1. The van der Waals surface area contributed by atoms with E-state index >= 15 is 0 Å². The Bertz CT molecular complexity index is 1080. The van der Waals surface area contributed by atoms with Crippen molar-refractivity contribution in [2.45, 2.75) is 25.9 Å². The van der Waals surface area contributed by atoms with E-state index in [1.165, 1.54) is 30.3 Å². The monoisotopic (exact) mass is 445 g/mol. The number of rotatable bonds is 6. The topological polar surface area (TPSA) is 71.1 Å². The van der Waals surface area contributed by atoms with E-state index < -0.39 is 47.2 Å². The Morgan fingerprint density at radius 3 is 1.47 bits per heavy atom. The van der Waals surface area contributed by atoms with Crippen molar-refractivity contribution >= 4 is 11.8 Å². The van der Waals surface area contributed by atoms with Crippen LogP contribution < -0.4 is 10.6 Å². The summed E-state index contributed by atoms with van der Waals surface area (Å²) < 4.78 is 53.1. The number of nitrogens with zero attached hydrogens (tertiary/aromatic N) is 1. The van der Waals surface area contributed by atoms with E-state index in [4.69, 9.17) is 0 Å². The highest BCUT2D eigenvalue weighted by molar-refractivity contribution is 5.96. The van der Waals surface area contributed by atoms with Crippen molar-refractivity contribution in [3.05, 3.63) is 100 Å². The van der Waals surface area contributed by atoms with Crippen LogP contribution in [0.1, 0.15) is 58.0 Å². The van der Waals surface area contributed by atoms with Crippen molar-refractivity contribution in [1.29, 1.82) is 0 Å². The largest absolute Gasteiger partial charge is 0.344 e. The van der Waals surface area contributed by atoms with Gasteiger partial charge in [-0.15, -0.1) is 0 Å². The fourth-order valence-corrected chi connectivity index (χ4v) is 2.96. The second kappa shape index (κ2) is 9.59. The molecule has 2 atom stereocenters. The molecular weight excluding hydrogens is 426 g/mol. The summed E-state index contributed by atoms with van der Waals surface area (Å²) in [5, 5.41) is 5.21. The van der Waals surface area contributed by atoms with Crippen LogP contribution in [-0.4, -0.2) is 16.8 Å². The third-order valence-electron chi connectivity index (χ3n) is 4.80. The summed E-state index contributed by atoms with van der Waals surface area (Å²) in [6.07, 6.45) is 0. The zero-order chi connectivity index (χ0) is 23.4. The first kappa shape index (κ1) is 22.9. The zero-order valence-corrected chi connectivity index (χ0v) is 17.1. The van der Waals surface area contributed by atoms with Crippen LogP contribution in [0.2, 0.25) is 0 Å². The van der Waals surface area contributed by atoms with Crippen LogP contribution in [0.5, 0.6) is 0 Å². The molecule has 2 aromatic carbocycles. The average Bonchev–Trinajstić information content (AvgIpc) is 2.77. The highest BCUT2D eigenvalue weighted by Gasteiger charge is 2.18. The van der Waals surface area contributed by atoms with E-state index in [-0.39, 0.29) is 11.4 Å². The molecule has 1 heterocycles. The number of benzene rings is 2. The van der Waals surface area contributed by atoms with Crippen molar-refractivity contribution in [3.63, 3.8) is 0 Å². The second-order valence-electron chi connectivity index (χ2n) is 7.15. The molecule has 1 aromatic heterocycles. The van der Waals surface area contributed by atoms with Gasteiger partial charge >= 0.3 is 0 Å². The minimum Gasteiger partial charge on any atom is -0.344 e. The lowest BCUT2D eigenvalue weighted by atomic mass is 10.1. The predicted molar refractivity (Wildman–Crippen MR) is 109 cm³/mol. The fraction of sp³-hybridized carbons (Fsp3) is 0.174. The molecule has 0 aliphatic rings. The standard InChI is InChI=1S/C23H19F4N3O2/c1-12(14-6-8-16(24)18(26)10-14)28-22(31)20-4-3-5-21(30-20)23(32)29-13(2)15-7-9-17(25)19(27)11-15/h3-13H,1-2H3,(H,28,31)(H,29,32). The Balaban J connectivity index is 1.69. The Morgan fingerprint density at radius 1 is 0.688 bits per heavy atom. The fourth-order valence-electron chi connectivity index (χ4n) is 2.96. The summed E-state index contributed by atoms with van der Waals surface area (Å²) in [7, 11) is 0. The van der Waals surface area contributed by atoms with Gasteiger partial charge in [-0.2, -0.15) is 0 Å². The molecule has 2 N–H and O–H groups in total. The van der Waals surface area contributed by atoms with Crippen LogP contribution in [0.25, 0.3) is 0 Å². The molecule has 0 aliphatic carbocycles. The Hall–Kier alpha value is -3.75. The number of amides is 2. The molecule has 0 spiro atoms. The van der Waals surface area contributed by atoms with Crippen molar-refractivity contribution < 1.29 is 27.2 Å². The van der Waals surface area contributed by atoms with Crippen molar-refractivity contribution in [1.82, 2.24) is 15.6 Å². The van der Waals surface area contributed by atoms with E-state index in [0.29, 0.717) is 11.1 Å². The molecule has 166 valence electrons. The number of carbonyl (C=O) groups is 2. The highest BCUT2D eigenvalue weighted by atomic mass is 19.2. The molecule has 0 aliphatic heterocycles. The van der Waals surface area contributed by atoms with Crippen molar-refractivity contribution in [3.8, 4) is 0 Å². The van der Waals surface area contributed by atoms with E-state index in [2.05, 4.69) is 15.6 Å². The maximum Gasteiger partial charge on any atom is 0.270 e. The van der Waals surface area contributed by atoms with Crippen LogP contribution in [0.15, 0.2) is 54.6 Å². The van der Waals surface area contributed by atoms with Crippen LogP contribution >= 0.6 is 0 Å². The third kappa shape index (κ3) is 5.29. The van der Waals surface area contributed by atoms with Gasteiger partial charge in [-0.25, -0.2) is 22.5 Å². The minimum atomic E-state index is -1.03. The summed E-state index contributed by atoms with van der Waals surface area (Å²) in [5.74, 6) is -5.29. The molecule has 0 fully saturated rings. The zero-order valence-electron chi connectivity index (χ0n) is 17.1. The molecule has 32 heavy (non-hydrogen) atoms. The number of halogens is 4. The van der Waals surface area contributed by atoms with Gasteiger partial charge in [-0.05, 0) is 61.4 Å². The quantitative estimate of drug-likeness (QED) is 0.544. The second-order valence-corrected chi connectivity index (χ2v) is 7.15. The molecule has 0 saturated carbocycles. The molecule has 0 radical (unpaired) electrons. The summed E-state index contributed by atoms with van der Waals surface area (Å²) in [6.45, 7) is 3.18. The van der Waals surface area contributed by atoms with Gasteiger partial charge in [0, 0.05) is 0 Å². The average molecular weight is 445 g/mol. The van der Waals surface area contributed by atoms with Gasteiger partial charge in [0.05, 0.1) is 12.1 Å². The van der Waals surface area contributed by atoms with Crippen LogP contribution in [0.4, 0.5) is 17.6 Å². The van der Waals surface area contributed by atoms with Gasteiger partial charge in [0.2, 0.25) is 0 Å². The van der Waals surface area contributed by atoms with Crippen LogP contribution in [0, 0.1) is 23.3 Å². The molecule has 3 rings (SSSR count). The first-order valence-corrected chi connectivity index (χ1v) is 9.64. The normalized spacial score (nSPS) is 12.7. The molecular formula is C23H19F4N3O2. The Labute approximate surface area is 181 Å². The molecule has 2 unspecified atom stereocenters. The van der Waals surface area contributed by atoms with Gasteiger partial charge in [-0.1, -0.05) is 18.2 Å². The first-order chi connectivity index (χ1) is 15.2. The van der Waals surface area contributed by atoms with Gasteiger partial charge < -0.3 is 10.6 Å². The van der Waals surface area contributed by atoms with E-state index in [1.807, 2.05) is 0 Å². The highest BCUT2D eigenvalue weighted by Crippen LogP contribution is 2.18. The molecule has 0 bridgehead atoms. The lowest BCUT2D eigenvalue weighted by Crippen LogP contribution is -2.30. The lowest BCUT2D eigenvalue weighted by Gasteiger charge is -2.16. The lowest BCUT2D eigenvalue weighted by molar-refractivity contribution is 0.0930. The molecule has 3 aromatic rings. The van der Waals surface area contributed by atoms with E-state index in [1.54, 1.807) is 13.8 Å². The predicted octanol–water partition coefficient (Wildman–Crippen LogP) is 4.62. The molecule has 5 nitrogen and oxygen atoms in total. The molecule has 2 amide bonds. The smallest absolute Gasteiger partial charge is 0.270 e. The van der Waals surface area contributed by atoms with Gasteiger partial charge in [0.15, 0.2) is 23.3 Å². The first-order valence-electron chi connectivity index (χ1n) is 9.64. The van der Waals surface area contributed by atoms with Gasteiger partial charge in [0.25, 0.3) is 11.8 Å². The molecule has 0 saturated heterocycles. The van der Waals surface area contributed by atoms with Crippen LogP contribution in [0.3, 0.4) is 0 Å². The Morgan fingerprint density at radius 2 is 1.09 bits per heavy atom. The van der Waals surface area contributed by atoms with Crippen molar-refractivity contribution in [2.24, 2.45) is 0 Å². The van der Waals surface area contributed by atoms with Crippen LogP contribution in [-0.2, 0) is 0 Å². The number of hydrogen-bond acceptors (Lipinski definition) is 3. The van der Waals surface area contributed by atoms with E-state index in [0.717, 1.165) is 24.3 Å². The van der Waals surface area contributed by atoms with Gasteiger partial charge in [0.1, 0.15) is 11.4 Å². The third-order valence-corrected chi connectivity index (χ3v) is 4.80. The molecule has 9 heteroatoms. The SMILES string of the molecule is CC(NC(=O)c1cccc(C(=O)NC(C)c2ccc(F)c(F)c2)n1)c1ccc(F)c(F)c1. The maximum atomic E-state index is 13.4. The summed E-state index contributed by atoms with van der Waals surface area (Å²) >= 11 is 0. The number of pyridine rings is 1. The van der Waals surface area contributed by atoms with Gasteiger partial charge in [-0.3, -0.25) is 9.59 Å².